The molecule has 0 bridgehead atoms. The summed E-state index contributed by atoms with van der Waals surface area (Å²) >= 11 is 5.51. The summed E-state index contributed by atoms with van der Waals surface area (Å²) in [5.41, 5.74) is -0.0691. The largest absolute Gasteiger partial charge is 0.332 e. The summed E-state index contributed by atoms with van der Waals surface area (Å²) in [5, 5.41) is 8.55. The zero-order valence-electron chi connectivity index (χ0n) is 6.16. The van der Waals surface area contributed by atoms with Crippen molar-refractivity contribution in [1.82, 2.24) is 0 Å². The number of nitriles is 1. The van der Waals surface area contributed by atoms with Crippen LogP contribution in [-0.4, -0.2) is 8.42 Å². The summed E-state index contributed by atoms with van der Waals surface area (Å²) in [5.74, 6) is 0. The molecular formula is C7H3ClFNO2S. The molecule has 13 heavy (non-hydrogen) atoms. The number of hydrogen-bond donors (Lipinski definition) is 0. The molecule has 0 atom stereocenters. The molecule has 0 N–H and O–H groups in total. The van der Waals surface area contributed by atoms with Gasteiger partial charge in [0.25, 0.3) is 0 Å². The first kappa shape index (κ1) is 9.96. The third-order valence-electron chi connectivity index (χ3n) is 1.34. The summed E-state index contributed by atoms with van der Waals surface area (Å²) in [4.78, 5) is -0.562. The lowest BCUT2D eigenvalue weighted by molar-refractivity contribution is 0.552. The Morgan fingerprint density at radius 3 is 2.54 bits per heavy atom. The molecule has 0 radical (unpaired) electrons. The third kappa shape index (κ3) is 2.17. The second-order valence-electron chi connectivity index (χ2n) is 2.19. The summed E-state index contributed by atoms with van der Waals surface area (Å²) in [7, 11) is -4.76. The smallest absolute Gasteiger partial charge is 0.192 e. The highest BCUT2D eigenvalue weighted by Crippen LogP contribution is 2.20. The molecule has 0 saturated carbocycles. The van der Waals surface area contributed by atoms with Crippen molar-refractivity contribution < 1.29 is 12.3 Å². The first-order valence-electron chi connectivity index (χ1n) is 3.09. The maximum atomic E-state index is 12.4. The fourth-order valence-corrected chi connectivity index (χ4v) is 1.39. The van der Waals surface area contributed by atoms with Crippen molar-refractivity contribution >= 4 is 21.8 Å². The molecule has 0 heterocycles. The molecule has 68 valence electrons. The molecule has 0 amide bonds. The Balaban J connectivity index is 3.41. The lowest BCUT2D eigenvalue weighted by Gasteiger charge is -1.96. The minimum Gasteiger partial charge on any atom is -0.192 e. The molecule has 0 spiro atoms. The van der Waals surface area contributed by atoms with Crippen molar-refractivity contribution in [3.05, 3.63) is 28.8 Å². The van der Waals surface area contributed by atoms with E-state index in [1.807, 2.05) is 0 Å². The Labute approximate surface area is 79.6 Å². The Kier molecular flexibility index (Phi) is 2.55. The van der Waals surface area contributed by atoms with Crippen LogP contribution in [0.5, 0.6) is 0 Å². The van der Waals surface area contributed by atoms with E-state index >= 15 is 0 Å². The average Bonchev–Trinajstić information content (AvgIpc) is 2.03. The summed E-state index contributed by atoms with van der Waals surface area (Å²) < 4.78 is 33.2. The highest BCUT2D eigenvalue weighted by molar-refractivity contribution is 7.86. The van der Waals surface area contributed by atoms with Crippen molar-refractivity contribution in [1.29, 1.82) is 5.26 Å². The van der Waals surface area contributed by atoms with Gasteiger partial charge in [0.1, 0.15) is 6.07 Å². The van der Waals surface area contributed by atoms with Gasteiger partial charge in [-0.05, 0) is 18.2 Å². The van der Waals surface area contributed by atoms with E-state index in [0.717, 1.165) is 18.2 Å². The van der Waals surface area contributed by atoms with Crippen LogP contribution in [0.3, 0.4) is 0 Å². The summed E-state index contributed by atoms with van der Waals surface area (Å²) in [6, 6.07) is 4.69. The molecule has 1 rings (SSSR count). The van der Waals surface area contributed by atoms with E-state index in [0.29, 0.717) is 0 Å². The van der Waals surface area contributed by atoms with Gasteiger partial charge in [-0.3, -0.25) is 0 Å². The van der Waals surface area contributed by atoms with Crippen LogP contribution in [0.1, 0.15) is 5.56 Å². The second-order valence-corrected chi connectivity index (χ2v) is 3.95. The molecule has 0 fully saturated rings. The number of rotatable bonds is 1. The number of hydrogen-bond acceptors (Lipinski definition) is 3. The van der Waals surface area contributed by atoms with Gasteiger partial charge in [0.2, 0.25) is 0 Å². The molecule has 0 aliphatic rings. The molecule has 1 aromatic rings. The zero-order chi connectivity index (χ0) is 10.1. The molecular weight excluding hydrogens is 217 g/mol. The van der Waals surface area contributed by atoms with Crippen molar-refractivity contribution in [3.8, 4) is 6.07 Å². The van der Waals surface area contributed by atoms with Crippen LogP contribution in [0, 0.1) is 11.3 Å². The van der Waals surface area contributed by atoms with Crippen LogP contribution in [0.4, 0.5) is 3.89 Å². The van der Waals surface area contributed by atoms with Gasteiger partial charge in [-0.1, -0.05) is 11.6 Å². The van der Waals surface area contributed by atoms with E-state index in [2.05, 4.69) is 0 Å². The van der Waals surface area contributed by atoms with Crippen LogP contribution in [0.15, 0.2) is 23.1 Å². The molecule has 0 unspecified atom stereocenters. The number of halogens is 2. The van der Waals surface area contributed by atoms with Gasteiger partial charge in [-0.15, -0.1) is 3.89 Å². The van der Waals surface area contributed by atoms with Gasteiger partial charge in [0, 0.05) is 0 Å². The maximum Gasteiger partial charge on any atom is 0.332 e. The van der Waals surface area contributed by atoms with Crippen molar-refractivity contribution in [2.24, 2.45) is 0 Å². The maximum absolute atomic E-state index is 12.4. The average molecular weight is 220 g/mol. The highest BCUT2D eigenvalue weighted by Gasteiger charge is 2.13. The van der Waals surface area contributed by atoms with Gasteiger partial charge in [0.15, 0.2) is 0 Å². The van der Waals surface area contributed by atoms with E-state index in [1.165, 1.54) is 0 Å². The predicted molar refractivity (Wildman–Crippen MR) is 44.5 cm³/mol. The fourth-order valence-electron chi connectivity index (χ4n) is 0.742. The fraction of sp³-hybridized carbons (Fsp3) is 0. The first-order valence-corrected chi connectivity index (χ1v) is 4.85. The number of nitrogens with zero attached hydrogens (tertiary/aromatic N) is 1. The lowest BCUT2D eigenvalue weighted by atomic mass is 10.2. The molecule has 0 aliphatic carbocycles. The van der Waals surface area contributed by atoms with Gasteiger partial charge in [0.05, 0.1) is 15.5 Å². The quantitative estimate of drug-likeness (QED) is 0.678. The Morgan fingerprint density at radius 2 is 2.08 bits per heavy atom. The van der Waals surface area contributed by atoms with Crippen LogP contribution in [0.2, 0.25) is 5.02 Å². The minimum absolute atomic E-state index is 0.0691. The molecule has 3 nitrogen and oxygen atoms in total. The van der Waals surface area contributed by atoms with Crippen LogP contribution in [-0.2, 0) is 10.2 Å². The SMILES string of the molecule is N#Cc1cc(S(=O)(=O)F)ccc1Cl. The second kappa shape index (κ2) is 3.32. The lowest BCUT2D eigenvalue weighted by Crippen LogP contribution is -1.92. The zero-order valence-corrected chi connectivity index (χ0v) is 7.73. The summed E-state index contributed by atoms with van der Waals surface area (Å²) in [6.45, 7) is 0. The van der Waals surface area contributed by atoms with Crippen molar-refractivity contribution in [2.45, 2.75) is 4.90 Å². The third-order valence-corrected chi connectivity index (χ3v) is 2.49. The van der Waals surface area contributed by atoms with E-state index in [-0.39, 0.29) is 10.6 Å². The van der Waals surface area contributed by atoms with Crippen molar-refractivity contribution in [3.63, 3.8) is 0 Å². The minimum atomic E-state index is -4.76. The Morgan fingerprint density at radius 1 is 1.46 bits per heavy atom. The monoisotopic (exact) mass is 219 g/mol. The Hall–Kier alpha value is -1.12. The molecule has 0 aromatic heterocycles. The van der Waals surface area contributed by atoms with E-state index in [1.54, 1.807) is 6.07 Å². The van der Waals surface area contributed by atoms with Crippen LogP contribution in [0.25, 0.3) is 0 Å². The number of benzene rings is 1. The standard InChI is InChI=1S/C7H3ClFNO2S/c8-7-2-1-6(13(9,11)12)3-5(7)4-10/h1-3H. The van der Waals surface area contributed by atoms with Crippen LogP contribution >= 0.6 is 11.6 Å². The van der Waals surface area contributed by atoms with Gasteiger partial charge >= 0.3 is 10.2 Å². The van der Waals surface area contributed by atoms with E-state index in [4.69, 9.17) is 16.9 Å². The van der Waals surface area contributed by atoms with Crippen molar-refractivity contribution in [2.75, 3.05) is 0 Å². The van der Waals surface area contributed by atoms with E-state index < -0.39 is 15.1 Å². The topological polar surface area (TPSA) is 57.9 Å². The van der Waals surface area contributed by atoms with Gasteiger partial charge < -0.3 is 0 Å². The molecule has 1 aromatic carbocycles. The predicted octanol–water partition coefficient (Wildman–Crippen LogP) is 1.87. The molecule has 6 heteroatoms. The highest BCUT2D eigenvalue weighted by atomic mass is 35.5. The van der Waals surface area contributed by atoms with Crippen LogP contribution < -0.4 is 0 Å². The van der Waals surface area contributed by atoms with E-state index in [9.17, 15) is 12.3 Å². The molecule has 0 aliphatic heterocycles. The normalized spacial score (nSPS) is 10.8. The van der Waals surface area contributed by atoms with Gasteiger partial charge in [-0.2, -0.15) is 13.7 Å². The molecule has 0 saturated heterocycles. The van der Waals surface area contributed by atoms with Gasteiger partial charge in [-0.25, -0.2) is 0 Å². The first-order chi connectivity index (χ1) is 5.95. The summed E-state index contributed by atoms with van der Waals surface area (Å²) in [6.07, 6.45) is 0. The Bertz CT molecular complexity index is 478.